The molecule has 2 heterocycles. The van der Waals surface area contributed by atoms with Gasteiger partial charge in [0.25, 0.3) is 0 Å². The molecule has 2 aromatic carbocycles. The number of benzene rings is 2. The minimum absolute atomic E-state index is 0.0260. The van der Waals surface area contributed by atoms with E-state index in [1.165, 1.54) is 12.4 Å². The van der Waals surface area contributed by atoms with Crippen LogP contribution in [-0.4, -0.2) is 47.5 Å². The number of aromatic nitrogens is 2. The molecular formula is C22H23ClFN5O2. The van der Waals surface area contributed by atoms with Gasteiger partial charge in [0.1, 0.15) is 17.9 Å². The first kappa shape index (κ1) is 21.3. The van der Waals surface area contributed by atoms with Gasteiger partial charge >= 0.3 is 0 Å². The molecule has 1 saturated heterocycles. The van der Waals surface area contributed by atoms with Crippen molar-refractivity contribution >= 4 is 39.9 Å². The maximum atomic E-state index is 14.4. The number of hydrogen-bond acceptors (Lipinski definition) is 6. The molecule has 0 bridgehead atoms. The number of rotatable bonds is 6. The zero-order chi connectivity index (χ0) is 22.0. The van der Waals surface area contributed by atoms with E-state index in [0.29, 0.717) is 29.0 Å². The molecule has 4 rings (SSSR count). The van der Waals surface area contributed by atoms with E-state index >= 15 is 0 Å². The highest BCUT2D eigenvalue weighted by atomic mass is 35.5. The first-order chi connectivity index (χ1) is 15.0. The fraction of sp³-hybridized carbons (Fsp3) is 0.318. The number of carbonyl (C=O) groups is 1. The average molecular weight is 444 g/mol. The Balaban J connectivity index is 1.70. The molecule has 1 atom stereocenters. The Labute approximate surface area is 184 Å². The van der Waals surface area contributed by atoms with E-state index in [-0.39, 0.29) is 22.7 Å². The smallest absolute Gasteiger partial charge is 0.237 e. The quantitative estimate of drug-likeness (QED) is 0.601. The number of ether oxygens (including phenoxy) is 1. The molecule has 0 aliphatic carbocycles. The summed E-state index contributed by atoms with van der Waals surface area (Å²) < 4.78 is 20.0. The van der Waals surface area contributed by atoms with Gasteiger partial charge in [-0.3, -0.25) is 9.69 Å². The predicted molar refractivity (Wildman–Crippen MR) is 118 cm³/mol. The van der Waals surface area contributed by atoms with E-state index in [1.54, 1.807) is 19.2 Å². The second kappa shape index (κ2) is 9.03. The Kier molecular flexibility index (Phi) is 6.20. The molecule has 162 valence electrons. The molecule has 0 saturated carbocycles. The number of carbonyl (C=O) groups excluding carboxylic acids is 1. The lowest BCUT2D eigenvalue weighted by Crippen LogP contribution is -2.48. The molecule has 31 heavy (non-hydrogen) atoms. The predicted octanol–water partition coefficient (Wildman–Crippen LogP) is 3.88. The largest absolute Gasteiger partial charge is 0.496 e. The number of fused-ring (bicyclic) bond motifs is 1. The molecule has 0 spiro atoms. The number of piperidine rings is 1. The molecule has 1 amide bonds. The Morgan fingerprint density at radius 3 is 2.97 bits per heavy atom. The number of methoxy groups -OCH3 is 1. The summed E-state index contributed by atoms with van der Waals surface area (Å²) in [5.74, 6) is 0.602. The third kappa shape index (κ3) is 4.40. The van der Waals surface area contributed by atoms with Crippen LogP contribution in [0.5, 0.6) is 5.75 Å². The minimum atomic E-state index is -0.548. The van der Waals surface area contributed by atoms with Crippen molar-refractivity contribution in [1.29, 1.82) is 0 Å². The van der Waals surface area contributed by atoms with Gasteiger partial charge in [-0.05, 0) is 38.1 Å². The number of nitrogens with one attached hydrogen (secondary N) is 2. The molecule has 1 aliphatic rings. The van der Waals surface area contributed by atoms with Gasteiger partial charge in [-0.1, -0.05) is 17.7 Å². The molecule has 9 heteroatoms. The van der Waals surface area contributed by atoms with E-state index in [4.69, 9.17) is 16.3 Å². The summed E-state index contributed by atoms with van der Waals surface area (Å²) in [7, 11) is 3.51. The molecule has 1 unspecified atom stereocenters. The van der Waals surface area contributed by atoms with Crippen LogP contribution in [0, 0.1) is 5.82 Å². The number of halogens is 2. The van der Waals surface area contributed by atoms with Crippen molar-refractivity contribution in [2.75, 3.05) is 26.0 Å². The Hall–Kier alpha value is -2.97. The molecule has 3 aromatic rings. The molecule has 1 fully saturated rings. The SMILES string of the molecule is COc1cc2ncnc(Nc3cccc(Cl)c3F)c2cc1CN(C)C1CCCNC1=O. The van der Waals surface area contributed by atoms with Crippen LogP contribution in [0.4, 0.5) is 15.9 Å². The molecule has 1 aliphatic heterocycles. The summed E-state index contributed by atoms with van der Waals surface area (Å²) in [6.45, 7) is 1.21. The first-order valence-corrected chi connectivity index (χ1v) is 10.4. The lowest BCUT2D eigenvalue weighted by atomic mass is 10.0. The topological polar surface area (TPSA) is 79.4 Å². The van der Waals surface area contributed by atoms with Gasteiger partial charge in [-0.2, -0.15) is 0 Å². The van der Waals surface area contributed by atoms with Gasteiger partial charge in [0.15, 0.2) is 5.82 Å². The van der Waals surface area contributed by atoms with Crippen LogP contribution >= 0.6 is 11.6 Å². The van der Waals surface area contributed by atoms with Crippen molar-refractivity contribution in [3.05, 3.63) is 53.1 Å². The van der Waals surface area contributed by atoms with Crippen LogP contribution in [-0.2, 0) is 11.3 Å². The van der Waals surface area contributed by atoms with Crippen LogP contribution < -0.4 is 15.4 Å². The van der Waals surface area contributed by atoms with Crippen LogP contribution in [0.2, 0.25) is 5.02 Å². The third-order valence-corrected chi connectivity index (χ3v) is 5.74. The van der Waals surface area contributed by atoms with Crippen LogP contribution in [0.3, 0.4) is 0 Å². The lowest BCUT2D eigenvalue weighted by molar-refractivity contribution is -0.127. The molecule has 0 radical (unpaired) electrons. The molecule has 7 nitrogen and oxygen atoms in total. The van der Waals surface area contributed by atoms with E-state index in [0.717, 1.165) is 24.9 Å². The number of nitrogens with zero attached hydrogens (tertiary/aromatic N) is 3. The standard InChI is InChI=1S/C22H23ClFN5O2/c1-29(18-7-4-8-25-22(18)30)11-13-9-14-17(10-19(13)31-2)26-12-27-21(14)28-16-6-3-5-15(23)20(16)24/h3,5-6,9-10,12,18H,4,7-8,11H2,1-2H3,(H,25,30)(H,26,27,28). The highest BCUT2D eigenvalue weighted by molar-refractivity contribution is 6.31. The normalized spacial score (nSPS) is 16.4. The van der Waals surface area contributed by atoms with Crippen molar-refractivity contribution in [1.82, 2.24) is 20.2 Å². The van der Waals surface area contributed by atoms with Gasteiger partial charge in [-0.15, -0.1) is 0 Å². The van der Waals surface area contributed by atoms with Gasteiger partial charge in [0.05, 0.1) is 29.4 Å². The first-order valence-electron chi connectivity index (χ1n) is 9.98. The highest BCUT2D eigenvalue weighted by Gasteiger charge is 2.26. The highest BCUT2D eigenvalue weighted by Crippen LogP contribution is 2.32. The van der Waals surface area contributed by atoms with Gasteiger partial charge in [-0.25, -0.2) is 14.4 Å². The molecule has 2 N–H and O–H groups in total. The van der Waals surface area contributed by atoms with Crippen molar-refractivity contribution in [2.24, 2.45) is 0 Å². The molecular weight excluding hydrogens is 421 g/mol. The summed E-state index contributed by atoms with van der Waals surface area (Å²) in [4.78, 5) is 22.9. The van der Waals surface area contributed by atoms with Crippen molar-refractivity contribution in [3.8, 4) is 5.75 Å². The summed E-state index contributed by atoms with van der Waals surface area (Å²) in [6.07, 6.45) is 3.16. The van der Waals surface area contributed by atoms with Crippen LogP contribution in [0.25, 0.3) is 10.9 Å². The maximum absolute atomic E-state index is 14.4. The number of anilines is 2. The van der Waals surface area contributed by atoms with Crippen molar-refractivity contribution in [2.45, 2.75) is 25.4 Å². The van der Waals surface area contributed by atoms with Gasteiger partial charge in [0.2, 0.25) is 5.91 Å². The monoisotopic (exact) mass is 443 g/mol. The van der Waals surface area contributed by atoms with Gasteiger partial charge in [0, 0.05) is 30.1 Å². The van der Waals surface area contributed by atoms with Gasteiger partial charge < -0.3 is 15.4 Å². The summed E-state index contributed by atoms with van der Waals surface area (Å²) in [6, 6.07) is 8.28. The fourth-order valence-electron chi connectivity index (χ4n) is 3.83. The van der Waals surface area contributed by atoms with Crippen molar-refractivity contribution in [3.63, 3.8) is 0 Å². The summed E-state index contributed by atoms with van der Waals surface area (Å²) in [5, 5.41) is 6.66. The fourth-order valence-corrected chi connectivity index (χ4v) is 4.00. The van der Waals surface area contributed by atoms with E-state index in [1.807, 2.05) is 24.1 Å². The third-order valence-electron chi connectivity index (χ3n) is 5.45. The van der Waals surface area contributed by atoms with E-state index in [2.05, 4.69) is 20.6 Å². The Bertz CT molecular complexity index is 1130. The second-order valence-electron chi connectivity index (χ2n) is 7.49. The maximum Gasteiger partial charge on any atom is 0.237 e. The summed E-state index contributed by atoms with van der Waals surface area (Å²) in [5.41, 5.74) is 1.75. The lowest BCUT2D eigenvalue weighted by Gasteiger charge is -2.30. The van der Waals surface area contributed by atoms with Crippen LogP contribution in [0.15, 0.2) is 36.7 Å². The Morgan fingerprint density at radius 1 is 1.35 bits per heavy atom. The van der Waals surface area contributed by atoms with Crippen molar-refractivity contribution < 1.29 is 13.9 Å². The minimum Gasteiger partial charge on any atom is -0.496 e. The Morgan fingerprint density at radius 2 is 2.19 bits per heavy atom. The van der Waals surface area contributed by atoms with Crippen LogP contribution in [0.1, 0.15) is 18.4 Å². The molecule has 1 aromatic heterocycles. The van der Waals surface area contributed by atoms with E-state index in [9.17, 15) is 9.18 Å². The zero-order valence-corrected chi connectivity index (χ0v) is 18.0. The summed E-state index contributed by atoms with van der Waals surface area (Å²) >= 11 is 5.90. The zero-order valence-electron chi connectivity index (χ0n) is 17.3. The average Bonchev–Trinajstić information content (AvgIpc) is 2.77. The second-order valence-corrected chi connectivity index (χ2v) is 7.90. The number of likely N-dealkylation sites (N-methyl/N-ethyl adjacent to an activating group) is 1. The number of amides is 1. The number of hydrogen-bond donors (Lipinski definition) is 2. The van der Waals surface area contributed by atoms with E-state index < -0.39 is 5.82 Å².